The third-order valence-corrected chi connectivity index (χ3v) is 3.33. The lowest BCUT2D eigenvalue weighted by molar-refractivity contribution is 0.0600. The molecule has 14 heavy (non-hydrogen) atoms. The number of fused-ring (bicyclic) bond motifs is 1. The fourth-order valence-corrected chi connectivity index (χ4v) is 2.64. The lowest BCUT2D eigenvalue weighted by Gasteiger charge is -1.97. The normalized spacial score (nSPS) is 10.4. The summed E-state index contributed by atoms with van der Waals surface area (Å²) in [6.07, 6.45) is 1.52. The van der Waals surface area contributed by atoms with Crippen LogP contribution in [0, 0.1) is 0 Å². The predicted octanol–water partition coefficient (Wildman–Crippen LogP) is 2.85. The number of methoxy groups -OCH3 is 1. The van der Waals surface area contributed by atoms with E-state index in [-0.39, 0.29) is 5.97 Å². The number of rotatable bonds is 1. The molecular formula is C9H6BrNO2S. The first kappa shape index (κ1) is 9.61. The highest BCUT2D eigenvalue weighted by molar-refractivity contribution is 9.11. The van der Waals surface area contributed by atoms with Crippen molar-refractivity contribution in [2.75, 3.05) is 7.11 Å². The second-order valence-electron chi connectivity index (χ2n) is 2.65. The Bertz CT molecular complexity index is 495. The van der Waals surface area contributed by atoms with Crippen LogP contribution in [0.4, 0.5) is 0 Å². The average Bonchev–Trinajstić information content (AvgIpc) is 2.55. The lowest BCUT2D eigenvalue weighted by Crippen LogP contribution is -2.00. The van der Waals surface area contributed by atoms with Gasteiger partial charge in [0.15, 0.2) is 0 Å². The fourth-order valence-electron chi connectivity index (χ4n) is 1.12. The first-order valence-electron chi connectivity index (χ1n) is 3.84. The predicted molar refractivity (Wildman–Crippen MR) is 58.7 cm³/mol. The minimum atomic E-state index is -0.357. The molecule has 0 saturated carbocycles. The minimum absolute atomic E-state index is 0.357. The molecule has 0 bridgehead atoms. The van der Waals surface area contributed by atoms with Gasteiger partial charge in [0.05, 0.1) is 26.7 Å². The molecule has 0 aliphatic heterocycles. The molecule has 2 heterocycles. The van der Waals surface area contributed by atoms with Crippen molar-refractivity contribution >= 4 is 43.5 Å². The SMILES string of the molecule is COC(=O)c1cnc2cc(Br)sc2c1. The van der Waals surface area contributed by atoms with Gasteiger partial charge in [0.25, 0.3) is 0 Å². The van der Waals surface area contributed by atoms with Gasteiger partial charge >= 0.3 is 5.97 Å². The summed E-state index contributed by atoms with van der Waals surface area (Å²) >= 11 is 4.91. The molecule has 0 saturated heterocycles. The van der Waals surface area contributed by atoms with E-state index >= 15 is 0 Å². The van der Waals surface area contributed by atoms with Crippen molar-refractivity contribution in [1.82, 2.24) is 4.98 Å². The van der Waals surface area contributed by atoms with Crippen LogP contribution < -0.4 is 0 Å². The number of hydrogen-bond donors (Lipinski definition) is 0. The quantitative estimate of drug-likeness (QED) is 0.749. The van der Waals surface area contributed by atoms with Gasteiger partial charge in [-0.3, -0.25) is 4.98 Å². The summed E-state index contributed by atoms with van der Waals surface area (Å²) in [5.74, 6) is -0.357. The Morgan fingerprint density at radius 2 is 2.36 bits per heavy atom. The van der Waals surface area contributed by atoms with Gasteiger partial charge in [0, 0.05) is 6.20 Å². The maximum Gasteiger partial charge on any atom is 0.339 e. The summed E-state index contributed by atoms with van der Waals surface area (Å²) in [6, 6.07) is 3.70. The van der Waals surface area contributed by atoms with Gasteiger partial charge in [-0.1, -0.05) is 0 Å². The highest BCUT2D eigenvalue weighted by atomic mass is 79.9. The van der Waals surface area contributed by atoms with Crippen LogP contribution in [0.15, 0.2) is 22.1 Å². The van der Waals surface area contributed by atoms with E-state index in [0.29, 0.717) is 5.56 Å². The molecule has 0 aliphatic carbocycles. The summed E-state index contributed by atoms with van der Waals surface area (Å²) in [6.45, 7) is 0. The van der Waals surface area contributed by atoms with E-state index in [0.717, 1.165) is 14.0 Å². The maximum absolute atomic E-state index is 11.2. The Morgan fingerprint density at radius 3 is 3.07 bits per heavy atom. The average molecular weight is 272 g/mol. The number of thiophene rings is 1. The third-order valence-electron chi connectivity index (χ3n) is 1.76. The zero-order valence-electron chi connectivity index (χ0n) is 7.28. The van der Waals surface area contributed by atoms with E-state index in [1.807, 2.05) is 6.07 Å². The van der Waals surface area contributed by atoms with Crippen LogP contribution >= 0.6 is 27.3 Å². The monoisotopic (exact) mass is 271 g/mol. The summed E-state index contributed by atoms with van der Waals surface area (Å²) in [7, 11) is 1.36. The van der Waals surface area contributed by atoms with Gasteiger partial charge in [-0.15, -0.1) is 11.3 Å². The lowest BCUT2D eigenvalue weighted by atomic mass is 10.3. The van der Waals surface area contributed by atoms with Gasteiger partial charge < -0.3 is 4.74 Å². The molecule has 0 unspecified atom stereocenters. The molecule has 0 N–H and O–H groups in total. The van der Waals surface area contributed by atoms with Crippen molar-refractivity contribution < 1.29 is 9.53 Å². The minimum Gasteiger partial charge on any atom is -0.465 e. The molecule has 0 amide bonds. The number of hydrogen-bond acceptors (Lipinski definition) is 4. The van der Waals surface area contributed by atoms with Crippen molar-refractivity contribution in [3.63, 3.8) is 0 Å². The topological polar surface area (TPSA) is 39.2 Å². The molecular weight excluding hydrogens is 266 g/mol. The van der Waals surface area contributed by atoms with Crippen LogP contribution in [0.3, 0.4) is 0 Å². The Labute approximate surface area is 92.8 Å². The molecule has 0 fully saturated rings. The van der Waals surface area contributed by atoms with E-state index in [1.165, 1.54) is 13.3 Å². The third kappa shape index (κ3) is 1.65. The standard InChI is InChI=1S/C9H6BrNO2S/c1-13-9(12)5-2-7-6(11-4-5)3-8(10)14-7/h2-4H,1H3. The molecule has 5 heteroatoms. The Balaban J connectivity index is 2.55. The highest BCUT2D eigenvalue weighted by Gasteiger charge is 2.08. The molecule has 0 spiro atoms. The molecule has 2 rings (SSSR count). The molecule has 0 aliphatic rings. The fraction of sp³-hybridized carbons (Fsp3) is 0.111. The van der Waals surface area contributed by atoms with Crippen LogP contribution in [0.1, 0.15) is 10.4 Å². The van der Waals surface area contributed by atoms with Gasteiger partial charge in [-0.05, 0) is 28.1 Å². The van der Waals surface area contributed by atoms with E-state index in [4.69, 9.17) is 0 Å². The molecule has 72 valence electrons. The summed E-state index contributed by atoms with van der Waals surface area (Å²) < 4.78 is 6.58. The number of nitrogens with zero attached hydrogens (tertiary/aromatic N) is 1. The number of aromatic nitrogens is 1. The highest BCUT2D eigenvalue weighted by Crippen LogP contribution is 2.28. The first-order chi connectivity index (χ1) is 6.70. The molecule has 2 aromatic heterocycles. The summed E-state index contributed by atoms with van der Waals surface area (Å²) in [5, 5.41) is 0. The van der Waals surface area contributed by atoms with Gasteiger partial charge in [0.1, 0.15) is 0 Å². The number of halogens is 1. The summed E-state index contributed by atoms with van der Waals surface area (Å²) in [4.78, 5) is 15.3. The zero-order chi connectivity index (χ0) is 10.1. The van der Waals surface area contributed by atoms with Crippen LogP contribution in [-0.4, -0.2) is 18.1 Å². The second kappa shape index (κ2) is 3.67. The molecule has 0 radical (unpaired) electrons. The molecule has 2 aromatic rings. The Kier molecular flexibility index (Phi) is 2.52. The van der Waals surface area contributed by atoms with Crippen LogP contribution in [0.2, 0.25) is 0 Å². The van der Waals surface area contributed by atoms with Crippen molar-refractivity contribution in [2.24, 2.45) is 0 Å². The number of pyridine rings is 1. The van der Waals surface area contributed by atoms with E-state index in [1.54, 1.807) is 17.4 Å². The number of carbonyl (C=O) groups excluding carboxylic acids is 1. The van der Waals surface area contributed by atoms with Gasteiger partial charge in [-0.2, -0.15) is 0 Å². The molecule has 0 atom stereocenters. The second-order valence-corrected chi connectivity index (χ2v) is 5.11. The van der Waals surface area contributed by atoms with Gasteiger partial charge in [-0.25, -0.2) is 4.79 Å². The van der Waals surface area contributed by atoms with E-state index in [9.17, 15) is 4.79 Å². The maximum atomic E-state index is 11.2. The Hall–Kier alpha value is -0.940. The van der Waals surface area contributed by atoms with Crippen molar-refractivity contribution in [3.05, 3.63) is 27.7 Å². The largest absolute Gasteiger partial charge is 0.465 e. The number of ether oxygens (including phenoxy) is 1. The van der Waals surface area contributed by atoms with Crippen LogP contribution in [0.25, 0.3) is 10.2 Å². The number of carbonyl (C=O) groups is 1. The van der Waals surface area contributed by atoms with Crippen molar-refractivity contribution in [3.8, 4) is 0 Å². The van der Waals surface area contributed by atoms with Gasteiger partial charge in [0.2, 0.25) is 0 Å². The molecule has 0 aromatic carbocycles. The Morgan fingerprint density at radius 1 is 1.57 bits per heavy atom. The van der Waals surface area contributed by atoms with Crippen LogP contribution in [0.5, 0.6) is 0 Å². The van der Waals surface area contributed by atoms with E-state index in [2.05, 4.69) is 25.7 Å². The zero-order valence-corrected chi connectivity index (χ0v) is 9.68. The first-order valence-corrected chi connectivity index (χ1v) is 5.45. The molecule has 3 nitrogen and oxygen atoms in total. The number of esters is 1. The smallest absolute Gasteiger partial charge is 0.339 e. The van der Waals surface area contributed by atoms with Crippen molar-refractivity contribution in [1.29, 1.82) is 0 Å². The van der Waals surface area contributed by atoms with Crippen LogP contribution in [-0.2, 0) is 4.74 Å². The summed E-state index contributed by atoms with van der Waals surface area (Å²) in [5.41, 5.74) is 1.36. The van der Waals surface area contributed by atoms with E-state index < -0.39 is 0 Å². The van der Waals surface area contributed by atoms with Crippen molar-refractivity contribution in [2.45, 2.75) is 0 Å².